The molecule has 0 radical (unpaired) electrons. The summed E-state index contributed by atoms with van der Waals surface area (Å²) in [5.74, 6) is 0. The average molecular weight is 245 g/mol. The van der Waals surface area contributed by atoms with Crippen molar-refractivity contribution in [2.75, 3.05) is 22.9 Å². The Morgan fingerprint density at radius 2 is 1.82 bits per heavy atom. The SMILES string of the molecule is Nc1ccc(N(CC(F)(F)F)C2CC2)cc1N. The van der Waals surface area contributed by atoms with Crippen LogP contribution in [0.15, 0.2) is 18.2 Å². The molecule has 0 saturated heterocycles. The molecule has 1 saturated carbocycles. The van der Waals surface area contributed by atoms with E-state index in [1.807, 2.05) is 0 Å². The summed E-state index contributed by atoms with van der Waals surface area (Å²) < 4.78 is 37.4. The van der Waals surface area contributed by atoms with Gasteiger partial charge in [0, 0.05) is 11.7 Å². The van der Waals surface area contributed by atoms with Crippen molar-refractivity contribution in [3.63, 3.8) is 0 Å². The van der Waals surface area contributed by atoms with Gasteiger partial charge in [0.1, 0.15) is 6.54 Å². The number of nitrogens with two attached hydrogens (primary N) is 2. The largest absolute Gasteiger partial charge is 0.405 e. The van der Waals surface area contributed by atoms with Gasteiger partial charge in [0.2, 0.25) is 0 Å². The first kappa shape index (κ1) is 11.9. The normalized spacial score (nSPS) is 15.9. The van der Waals surface area contributed by atoms with Crippen LogP contribution in [-0.2, 0) is 0 Å². The summed E-state index contributed by atoms with van der Waals surface area (Å²) in [5, 5.41) is 0. The molecule has 1 aromatic carbocycles. The highest BCUT2D eigenvalue weighted by molar-refractivity contribution is 5.70. The molecule has 6 heteroatoms. The van der Waals surface area contributed by atoms with E-state index in [-0.39, 0.29) is 6.04 Å². The second-order valence-electron chi connectivity index (χ2n) is 4.29. The highest BCUT2D eigenvalue weighted by Crippen LogP contribution is 2.35. The van der Waals surface area contributed by atoms with Crippen molar-refractivity contribution in [2.45, 2.75) is 25.1 Å². The van der Waals surface area contributed by atoms with Gasteiger partial charge in [0.25, 0.3) is 0 Å². The number of nitrogen functional groups attached to an aromatic ring is 2. The van der Waals surface area contributed by atoms with Crippen LogP contribution in [0.4, 0.5) is 30.2 Å². The van der Waals surface area contributed by atoms with Crippen LogP contribution in [0.3, 0.4) is 0 Å². The maximum Gasteiger partial charge on any atom is 0.405 e. The van der Waals surface area contributed by atoms with E-state index in [2.05, 4.69) is 0 Å². The van der Waals surface area contributed by atoms with E-state index in [1.165, 1.54) is 17.0 Å². The van der Waals surface area contributed by atoms with Gasteiger partial charge in [-0.3, -0.25) is 0 Å². The van der Waals surface area contributed by atoms with Crippen LogP contribution in [0.25, 0.3) is 0 Å². The fourth-order valence-corrected chi connectivity index (χ4v) is 1.75. The second kappa shape index (κ2) is 4.01. The molecule has 0 aromatic heterocycles. The summed E-state index contributed by atoms with van der Waals surface area (Å²) >= 11 is 0. The molecule has 0 amide bonds. The van der Waals surface area contributed by atoms with Crippen LogP contribution >= 0.6 is 0 Å². The summed E-state index contributed by atoms with van der Waals surface area (Å²) in [4.78, 5) is 1.34. The van der Waals surface area contributed by atoms with Gasteiger partial charge in [-0.1, -0.05) is 0 Å². The zero-order chi connectivity index (χ0) is 12.6. The molecule has 3 nitrogen and oxygen atoms in total. The molecule has 4 N–H and O–H groups in total. The Kier molecular flexibility index (Phi) is 2.81. The summed E-state index contributed by atoms with van der Waals surface area (Å²) in [6.45, 7) is -0.943. The van der Waals surface area contributed by atoms with Crippen molar-refractivity contribution >= 4 is 17.1 Å². The van der Waals surface area contributed by atoms with Crippen molar-refractivity contribution in [1.29, 1.82) is 0 Å². The van der Waals surface area contributed by atoms with Gasteiger partial charge >= 0.3 is 6.18 Å². The molecule has 17 heavy (non-hydrogen) atoms. The third-order valence-electron chi connectivity index (χ3n) is 2.74. The number of rotatable bonds is 3. The third-order valence-corrected chi connectivity index (χ3v) is 2.74. The first-order valence-electron chi connectivity index (χ1n) is 5.35. The number of nitrogens with zero attached hydrogens (tertiary/aromatic N) is 1. The molecule has 1 aromatic rings. The predicted molar refractivity (Wildman–Crippen MR) is 61.7 cm³/mol. The lowest BCUT2D eigenvalue weighted by molar-refractivity contribution is -0.120. The molecule has 1 fully saturated rings. The molecular formula is C11H14F3N3. The quantitative estimate of drug-likeness (QED) is 0.804. The summed E-state index contributed by atoms with van der Waals surface area (Å²) in [5.41, 5.74) is 12.3. The van der Waals surface area contributed by atoms with E-state index in [4.69, 9.17) is 11.5 Å². The summed E-state index contributed by atoms with van der Waals surface area (Å²) in [7, 11) is 0. The Bertz CT molecular complexity index is 413. The molecule has 0 heterocycles. The van der Waals surface area contributed by atoms with Crippen LogP contribution in [0.5, 0.6) is 0 Å². The summed E-state index contributed by atoms with van der Waals surface area (Å²) in [6.07, 6.45) is -2.63. The van der Waals surface area contributed by atoms with Crippen molar-refractivity contribution < 1.29 is 13.2 Å². The van der Waals surface area contributed by atoms with Crippen LogP contribution in [-0.4, -0.2) is 18.8 Å². The lowest BCUT2D eigenvalue weighted by Crippen LogP contribution is -2.36. The van der Waals surface area contributed by atoms with E-state index < -0.39 is 12.7 Å². The number of anilines is 3. The molecule has 0 bridgehead atoms. The Morgan fingerprint density at radius 1 is 1.18 bits per heavy atom. The standard InChI is InChI=1S/C11H14F3N3/c12-11(13,14)6-17(7-1-2-7)8-3-4-9(15)10(16)5-8/h3-5,7H,1-2,6,15-16H2. The molecular weight excluding hydrogens is 231 g/mol. The highest BCUT2D eigenvalue weighted by atomic mass is 19.4. The third kappa shape index (κ3) is 2.95. The topological polar surface area (TPSA) is 55.3 Å². The minimum absolute atomic E-state index is 0.0281. The Labute approximate surface area is 97.2 Å². The lowest BCUT2D eigenvalue weighted by atomic mass is 10.2. The Morgan fingerprint density at radius 3 is 2.29 bits per heavy atom. The maximum absolute atomic E-state index is 12.5. The van der Waals surface area contributed by atoms with Crippen molar-refractivity contribution in [2.24, 2.45) is 0 Å². The fraction of sp³-hybridized carbons (Fsp3) is 0.455. The first-order chi connectivity index (χ1) is 7.87. The number of halogens is 3. The fourth-order valence-electron chi connectivity index (χ4n) is 1.75. The lowest BCUT2D eigenvalue weighted by Gasteiger charge is -2.26. The molecule has 0 unspecified atom stereocenters. The van der Waals surface area contributed by atoms with Crippen LogP contribution in [0.2, 0.25) is 0 Å². The van der Waals surface area contributed by atoms with Gasteiger partial charge in [-0.15, -0.1) is 0 Å². The van der Waals surface area contributed by atoms with E-state index in [0.29, 0.717) is 17.1 Å². The predicted octanol–water partition coefficient (Wildman–Crippen LogP) is 2.38. The van der Waals surface area contributed by atoms with Crippen molar-refractivity contribution in [3.8, 4) is 0 Å². The summed E-state index contributed by atoms with van der Waals surface area (Å²) in [6, 6.07) is 4.59. The monoisotopic (exact) mass is 245 g/mol. The molecule has 1 aliphatic carbocycles. The van der Waals surface area contributed by atoms with E-state index in [0.717, 1.165) is 12.8 Å². The van der Waals surface area contributed by atoms with Crippen LogP contribution < -0.4 is 16.4 Å². The van der Waals surface area contributed by atoms with E-state index in [1.54, 1.807) is 6.07 Å². The second-order valence-corrected chi connectivity index (χ2v) is 4.29. The first-order valence-corrected chi connectivity index (χ1v) is 5.35. The number of hydrogen-bond donors (Lipinski definition) is 2. The van der Waals surface area contributed by atoms with Gasteiger partial charge in [-0.05, 0) is 31.0 Å². The van der Waals surface area contributed by atoms with Gasteiger partial charge in [-0.2, -0.15) is 13.2 Å². The molecule has 0 aliphatic heterocycles. The Balaban J connectivity index is 2.23. The minimum atomic E-state index is -4.21. The van der Waals surface area contributed by atoms with Gasteiger partial charge in [-0.25, -0.2) is 0 Å². The van der Waals surface area contributed by atoms with Crippen molar-refractivity contribution in [3.05, 3.63) is 18.2 Å². The van der Waals surface area contributed by atoms with Crippen LogP contribution in [0.1, 0.15) is 12.8 Å². The number of benzene rings is 1. The molecule has 1 aliphatic rings. The van der Waals surface area contributed by atoms with E-state index >= 15 is 0 Å². The molecule has 2 rings (SSSR count). The number of alkyl halides is 3. The van der Waals surface area contributed by atoms with Gasteiger partial charge in [0.05, 0.1) is 11.4 Å². The van der Waals surface area contributed by atoms with Crippen molar-refractivity contribution in [1.82, 2.24) is 0 Å². The highest BCUT2D eigenvalue weighted by Gasteiger charge is 2.38. The van der Waals surface area contributed by atoms with Gasteiger partial charge in [0.15, 0.2) is 0 Å². The zero-order valence-corrected chi connectivity index (χ0v) is 9.17. The molecule has 0 spiro atoms. The molecule has 94 valence electrons. The maximum atomic E-state index is 12.5. The number of hydrogen-bond acceptors (Lipinski definition) is 3. The Hall–Kier alpha value is -1.59. The smallest absolute Gasteiger partial charge is 0.397 e. The molecule has 0 atom stereocenters. The zero-order valence-electron chi connectivity index (χ0n) is 9.17. The average Bonchev–Trinajstić information content (AvgIpc) is 3.01. The minimum Gasteiger partial charge on any atom is -0.397 e. The van der Waals surface area contributed by atoms with E-state index in [9.17, 15) is 13.2 Å². The van der Waals surface area contributed by atoms with Gasteiger partial charge < -0.3 is 16.4 Å². The van der Waals surface area contributed by atoms with Crippen LogP contribution in [0, 0.1) is 0 Å².